The number of benzene rings is 2. The Labute approximate surface area is 156 Å². The van der Waals surface area contributed by atoms with E-state index >= 15 is 0 Å². The number of non-ortho nitro benzene ring substituents is 1. The van der Waals surface area contributed by atoms with Crippen molar-refractivity contribution < 1.29 is 14.5 Å². The molecule has 8 heteroatoms. The summed E-state index contributed by atoms with van der Waals surface area (Å²) in [5, 5.41) is 19.4. The van der Waals surface area contributed by atoms with Crippen LogP contribution in [0, 0.1) is 10.1 Å². The van der Waals surface area contributed by atoms with Gasteiger partial charge < -0.3 is 16.0 Å². The number of nitro benzene ring substituents is 1. The summed E-state index contributed by atoms with van der Waals surface area (Å²) in [5.41, 5.74) is 1.53. The number of carbonyl (C=O) groups excluding carboxylic acids is 2. The van der Waals surface area contributed by atoms with E-state index in [2.05, 4.69) is 16.0 Å². The van der Waals surface area contributed by atoms with Crippen LogP contribution in [0.3, 0.4) is 0 Å². The summed E-state index contributed by atoms with van der Waals surface area (Å²) in [5.74, 6) is -0.424. The Morgan fingerprint density at radius 3 is 2.44 bits per heavy atom. The molecule has 3 rings (SSSR count). The largest absolute Gasteiger partial charge is 0.374 e. The number of nitro groups is 1. The van der Waals surface area contributed by atoms with Crippen LogP contribution >= 0.6 is 0 Å². The zero-order valence-electron chi connectivity index (χ0n) is 14.8. The predicted molar refractivity (Wildman–Crippen MR) is 102 cm³/mol. The molecule has 27 heavy (non-hydrogen) atoms. The van der Waals surface area contributed by atoms with E-state index in [1.807, 2.05) is 0 Å². The minimum absolute atomic E-state index is 0.0894. The molecule has 3 N–H and O–H groups in total. The molecule has 0 heterocycles. The average molecular weight is 368 g/mol. The molecule has 2 aromatic rings. The second-order valence-electron chi connectivity index (χ2n) is 6.49. The van der Waals surface area contributed by atoms with Crippen LogP contribution in [0.1, 0.15) is 30.1 Å². The van der Waals surface area contributed by atoms with Gasteiger partial charge in [0.15, 0.2) is 0 Å². The van der Waals surface area contributed by atoms with Crippen molar-refractivity contribution in [3.63, 3.8) is 0 Å². The minimum Gasteiger partial charge on any atom is -0.374 e. The Kier molecular flexibility index (Phi) is 5.35. The fourth-order valence-electron chi connectivity index (χ4n) is 2.48. The summed E-state index contributed by atoms with van der Waals surface area (Å²) in [7, 11) is 0. The average Bonchev–Trinajstić information content (AvgIpc) is 3.46. The number of anilines is 2. The molecule has 1 aliphatic rings. The SMILES string of the molecule is CC(Nc1ccc(C(=O)NC2CC2)cc1)C(=O)Nc1cccc([N+](=O)[O-])c1. The Bertz CT molecular complexity index is 862. The number of rotatable bonds is 7. The van der Waals surface area contributed by atoms with Gasteiger partial charge in [0.2, 0.25) is 5.91 Å². The Balaban J connectivity index is 1.56. The summed E-state index contributed by atoms with van der Waals surface area (Å²) < 4.78 is 0. The van der Waals surface area contributed by atoms with Crippen molar-refractivity contribution in [1.82, 2.24) is 5.32 Å². The second kappa shape index (κ2) is 7.86. The van der Waals surface area contributed by atoms with Crippen LogP contribution < -0.4 is 16.0 Å². The molecule has 0 spiro atoms. The quantitative estimate of drug-likeness (QED) is 0.514. The molecule has 1 fully saturated rings. The third-order valence-corrected chi connectivity index (χ3v) is 4.16. The maximum atomic E-state index is 12.3. The lowest BCUT2D eigenvalue weighted by atomic mass is 10.1. The predicted octanol–water partition coefficient (Wildman–Crippen LogP) is 2.93. The lowest BCUT2D eigenvalue weighted by molar-refractivity contribution is -0.384. The van der Waals surface area contributed by atoms with E-state index in [-0.39, 0.29) is 17.5 Å². The molecule has 0 saturated heterocycles. The normalized spacial score (nSPS) is 14.1. The molecule has 8 nitrogen and oxygen atoms in total. The Morgan fingerprint density at radius 2 is 1.81 bits per heavy atom. The van der Waals surface area contributed by atoms with Crippen molar-refractivity contribution >= 4 is 28.9 Å². The lowest BCUT2D eigenvalue weighted by Crippen LogP contribution is -2.32. The van der Waals surface area contributed by atoms with E-state index in [1.54, 1.807) is 37.3 Å². The standard InChI is InChI=1S/C19H20N4O4/c1-12(18(24)22-16-3-2-4-17(11-16)23(26)27)20-14-7-5-13(6-8-14)19(25)21-15-9-10-15/h2-8,11-12,15,20H,9-10H2,1H3,(H,21,25)(H,22,24). The molecule has 1 saturated carbocycles. The highest BCUT2D eigenvalue weighted by Gasteiger charge is 2.23. The highest BCUT2D eigenvalue weighted by Crippen LogP contribution is 2.20. The van der Waals surface area contributed by atoms with Crippen molar-refractivity contribution in [3.05, 3.63) is 64.2 Å². The van der Waals surface area contributed by atoms with Gasteiger partial charge in [0, 0.05) is 35.1 Å². The molecule has 0 radical (unpaired) electrons. The number of nitrogens with zero attached hydrogens (tertiary/aromatic N) is 1. The molecule has 140 valence electrons. The molecular weight excluding hydrogens is 348 g/mol. The molecule has 1 aliphatic carbocycles. The number of hydrogen-bond acceptors (Lipinski definition) is 5. The van der Waals surface area contributed by atoms with Crippen LogP contribution in [-0.2, 0) is 4.79 Å². The number of amides is 2. The molecule has 0 aliphatic heterocycles. The number of nitrogens with one attached hydrogen (secondary N) is 3. The molecule has 2 amide bonds. The van der Waals surface area contributed by atoms with Gasteiger partial charge in [0.1, 0.15) is 6.04 Å². The first-order valence-corrected chi connectivity index (χ1v) is 8.65. The molecule has 0 aromatic heterocycles. The summed E-state index contributed by atoms with van der Waals surface area (Å²) >= 11 is 0. The summed E-state index contributed by atoms with van der Waals surface area (Å²) in [6.07, 6.45) is 2.06. The first-order valence-electron chi connectivity index (χ1n) is 8.65. The van der Waals surface area contributed by atoms with Crippen molar-refractivity contribution in [3.8, 4) is 0 Å². The van der Waals surface area contributed by atoms with Crippen LogP contribution in [0.5, 0.6) is 0 Å². The zero-order chi connectivity index (χ0) is 19.4. The van der Waals surface area contributed by atoms with Crippen molar-refractivity contribution in [2.75, 3.05) is 10.6 Å². The first kappa shape index (κ1) is 18.4. The van der Waals surface area contributed by atoms with Crippen LogP contribution in [0.2, 0.25) is 0 Å². The van der Waals surface area contributed by atoms with Crippen LogP contribution in [-0.4, -0.2) is 28.8 Å². The highest BCUT2D eigenvalue weighted by molar-refractivity contribution is 5.97. The maximum Gasteiger partial charge on any atom is 0.271 e. The van der Waals surface area contributed by atoms with E-state index in [0.29, 0.717) is 23.0 Å². The third-order valence-electron chi connectivity index (χ3n) is 4.16. The van der Waals surface area contributed by atoms with E-state index in [9.17, 15) is 19.7 Å². The molecular formula is C19H20N4O4. The van der Waals surface area contributed by atoms with E-state index < -0.39 is 11.0 Å². The number of carbonyl (C=O) groups is 2. The second-order valence-corrected chi connectivity index (χ2v) is 6.49. The molecule has 1 unspecified atom stereocenters. The molecule has 1 atom stereocenters. The third kappa shape index (κ3) is 5.04. The van der Waals surface area contributed by atoms with Gasteiger partial charge in [0.25, 0.3) is 11.6 Å². The van der Waals surface area contributed by atoms with Crippen LogP contribution in [0.4, 0.5) is 17.1 Å². The molecule has 0 bridgehead atoms. The fourth-order valence-corrected chi connectivity index (χ4v) is 2.48. The van der Waals surface area contributed by atoms with Gasteiger partial charge in [0.05, 0.1) is 4.92 Å². The Morgan fingerprint density at radius 1 is 1.11 bits per heavy atom. The van der Waals surface area contributed by atoms with Gasteiger partial charge in [-0.1, -0.05) is 6.07 Å². The summed E-state index contributed by atoms with van der Waals surface area (Å²) in [6, 6.07) is 12.4. The summed E-state index contributed by atoms with van der Waals surface area (Å²) in [6.45, 7) is 1.68. The smallest absolute Gasteiger partial charge is 0.271 e. The minimum atomic E-state index is -0.574. The van der Waals surface area contributed by atoms with E-state index in [0.717, 1.165) is 12.8 Å². The zero-order valence-corrected chi connectivity index (χ0v) is 14.8. The van der Waals surface area contributed by atoms with E-state index in [1.165, 1.54) is 18.2 Å². The van der Waals surface area contributed by atoms with Gasteiger partial charge in [-0.3, -0.25) is 19.7 Å². The van der Waals surface area contributed by atoms with Gasteiger partial charge in [-0.25, -0.2) is 0 Å². The monoisotopic (exact) mass is 368 g/mol. The highest BCUT2D eigenvalue weighted by atomic mass is 16.6. The molecule has 2 aromatic carbocycles. The van der Waals surface area contributed by atoms with Crippen molar-refractivity contribution in [2.45, 2.75) is 31.8 Å². The summed E-state index contributed by atoms with van der Waals surface area (Å²) in [4.78, 5) is 34.6. The van der Waals surface area contributed by atoms with Crippen LogP contribution in [0.15, 0.2) is 48.5 Å². The fraction of sp³-hybridized carbons (Fsp3) is 0.263. The first-order chi connectivity index (χ1) is 12.9. The van der Waals surface area contributed by atoms with Gasteiger partial charge >= 0.3 is 0 Å². The number of hydrogen-bond donors (Lipinski definition) is 3. The van der Waals surface area contributed by atoms with Crippen molar-refractivity contribution in [2.24, 2.45) is 0 Å². The topological polar surface area (TPSA) is 113 Å². The maximum absolute atomic E-state index is 12.3. The Hall–Kier alpha value is -3.42. The van der Waals surface area contributed by atoms with Gasteiger partial charge in [-0.15, -0.1) is 0 Å². The lowest BCUT2D eigenvalue weighted by Gasteiger charge is -2.15. The van der Waals surface area contributed by atoms with Crippen LogP contribution in [0.25, 0.3) is 0 Å². The van der Waals surface area contributed by atoms with Gasteiger partial charge in [-0.2, -0.15) is 0 Å². The van der Waals surface area contributed by atoms with E-state index in [4.69, 9.17) is 0 Å². The van der Waals surface area contributed by atoms with Crippen molar-refractivity contribution in [1.29, 1.82) is 0 Å². The van der Waals surface area contributed by atoms with Gasteiger partial charge in [-0.05, 0) is 50.1 Å².